The molecule has 1 unspecified atom stereocenters. The topological polar surface area (TPSA) is 62.3 Å². The van der Waals surface area contributed by atoms with Gasteiger partial charge in [0.15, 0.2) is 0 Å². The molecule has 0 aromatic heterocycles. The fourth-order valence-electron chi connectivity index (χ4n) is 6.49. The van der Waals surface area contributed by atoms with Crippen LogP contribution in [0.15, 0.2) is 72.8 Å². The number of morpholine rings is 1. The first-order valence-electron chi connectivity index (χ1n) is 14.7. The third kappa shape index (κ3) is 6.70. The second kappa shape index (κ2) is 13.7. The van der Waals surface area contributed by atoms with E-state index in [0.29, 0.717) is 40.9 Å². The zero-order valence-electron chi connectivity index (χ0n) is 25.0. The van der Waals surface area contributed by atoms with Gasteiger partial charge in [0.1, 0.15) is 5.75 Å². The summed E-state index contributed by atoms with van der Waals surface area (Å²) in [5, 5.41) is 0.906. The molecule has 0 bridgehead atoms. The van der Waals surface area contributed by atoms with E-state index in [1.54, 1.807) is 24.1 Å². The molecule has 0 saturated carbocycles. The minimum absolute atomic E-state index is 0.0870. The fourth-order valence-corrected chi connectivity index (χ4v) is 6.80. The first-order chi connectivity index (χ1) is 20.7. The van der Waals surface area contributed by atoms with Crippen LogP contribution >= 0.6 is 23.2 Å². The lowest BCUT2D eigenvalue weighted by Gasteiger charge is -2.44. The Morgan fingerprint density at radius 2 is 1.70 bits per heavy atom. The summed E-state index contributed by atoms with van der Waals surface area (Å²) in [7, 11) is 5.26. The van der Waals surface area contributed by atoms with Crippen molar-refractivity contribution in [3.63, 3.8) is 0 Å². The lowest BCUT2D eigenvalue weighted by atomic mass is 9.71. The summed E-state index contributed by atoms with van der Waals surface area (Å²) in [4.78, 5) is 33.4. The van der Waals surface area contributed by atoms with Crippen LogP contribution in [-0.4, -0.2) is 86.6 Å². The van der Waals surface area contributed by atoms with E-state index in [9.17, 15) is 9.59 Å². The van der Waals surface area contributed by atoms with Crippen LogP contribution in [0.4, 0.5) is 0 Å². The van der Waals surface area contributed by atoms with Crippen molar-refractivity contribution in [1.29, 1.82) is 0 Å². The molecule has 0 aliphatic carbocycles. The van der Waals surface area contributed by atoms with Crippen molar-refractivity contribution in [3.05, 3.63) is 99.5 Å². The van der Waals surface area contributed by atoms with Crippen LogP contribution in [0.25, 0.3) is 0 Å². The largest absolute Gasteiger partial charge is 0.497 e. The van der Waals surface area contributed by atoms with E-state index in [1.165, 1.54) is 0 Å². The number of nitrogens with zero attached hydrogens (tertiary/aromatic N) is 3. The molecule has 0 radical (unpaired) electrons. The van der Waals surface area contributed by atoms with Gasteiger partial charge in [0.05, 0.1) is 41.3 Å². The van der Waals surface area contributed by atoms with E-state index in [4.69, 9.17) is 32.7 Å². The van der Waals surface area contributed by atoms with Crippen LogP contribution in [0.1, 0.15) is 46.8 Å². The molecule has 2 amide bonds. The zero-order valence-corrected chi connectivity index (χ0v) is 26.5. The van der Waals surface area contributed by atoms with Crippen molar-refractivity contribution in [2.24, 2.45) is 0 Å². The summed E-state index contributed by atoms with van der Waals surface area (Å²) in [6.07, 6.45) is 1.96. The number of benzene rings is 3. The van der Waals surface area contributed by atoms with Crippen molar-refractivity contribution < 1.29 is 19.1 Å². The fraction of sp³-hybridized carbons (Fsp3) is 0.412. The summed E-state index contributed by atoms with van der Waals surface area (Å²) in [5.74, 6) is 0.697. The van der Waals surface area contributed by atoms with E-state index in [2.05, 4.69) is 17.0 Å². The number of carbonyl (C=O) groups is 2. The average Bonchev–Trinajstić information content (AvgIpc) is 3.04. The third-order valence-electron chi connectivity index (χ3n) is 8.80. The molecule has 0 spiro atoms. The van der Waals surface area contributed by atoms with Crippen LogP contribution < -0.4 is 4.74 Å². The Morgan fingerprint density at radius 3 is 2.37 bits per heavy atom. The maximum Gasteiger partial charge on any atom is 0.254 e. The molecule has 2 saturated heterocycles. The summed E-state index contributed by atoms with van der Waals surface area (Å²) in [6.45, 7) is 3.26. The highest BCUT2D eigenvalue weighted by Gasteiger charge is 2.44. The minimum Gasteiger partial charge on any atom is -0.497 e. The van der Waals surface area contributed by atoms with Gasteiger partial charge in [-0.25, -0.2) is 0 Å². The monoisotopic (exact) mass is 623 g/mol. The molecule has 9 heteroatoms. The summed E-state index contributed by atoms with van der Waals surface area (Å²) in [5.41, 5.74) is 2.00. The molecule has 0 N–H and O–H groups in total. The lowest BCUT2D eigenvalue weighted by Crippen LogP contribution is -2.52. The third-order valence-corrected chi connectivity index (χ3v) is 9.54. The van der Waals surface area contributed by atoms with Gasteiger partial charge in [-0.2, -0.15) is 0 Å². The highest BCUT2D eigenvalue weighted by molar-refractivity contribution is 6.42. The summed E-state index contributed by atoms with van der Waals surface area (Å²) in [6, 6.07) is 22.6. The van der Waals surface area contributed by atoms with Gasteiger partial charge in [-0.15, -0.1) is 0 Å². The number of amides is 2. The Balaban J connectivity index is 1.35. The highest BCUT2D eigenvalue weighted by Crippen LogP contribution is 2.39. The van der Waals surface area contributed by atoms with E-state index in [1.807, 2.05) is 67.5 Å². The number of ether oxygens (including phenoxy) is 2. The summed E-state index contributed by atoms with van der Waals surface area (Å²) < 4.78 is 11.7. The number of carbonyl (C=O) groups excluding carboxylic acids is 2. The Labute approximate surface area is 264 Å². The van der Waals surface area contributed by atoms with Crippen LogP contribution in [0.5, 0.6) is 5.75 Å². The molecule has 7 nitrogen and oxygen atoms in total. The maximum absolute atomic E-state index is 13.9. The van der Waals surface area contributed by atoms with Crippen LogP contribution in [-0.2, 0) is 14.9 Å². The van der Waals surface area contributed by atoms with E-state index in [-0.39, 0.29) is 24.0 Å². The molecule has 3 aromatic rings. The molecule has 2 heterocycles. The predicted molar refractivity (Wildman–Crippen MR) is 170 cm³/mol. The number of rotatable bonds is 8. The van der Waals surface area contributed by atoms with Gasteiger partial charge in [-0.3, -0.25) is 9.59 Å². The lowest BCUT2D eigenvalue weighted by molar-refractivity contribution is -0.137. The van der Waals surface area contributed by atoms with Gasteiger partial charge in [0.2, 0.25) is 5.91 Å². The second-order valence-electron chi connectivity index (χ2n) is 11.5. The molecule has 2 aliphatic rings. The van der Waals surface area contributed by atoms with Crippen molar-refractivity contribution in [2.45, 2.75) is 36.8 Å². The molecule has 3 aromatic carbocycles. The number of halogens is 2. The molecule has 2 fully saturated rings. The van der Waals surface area contributed by atoms with E-state index in [0.717, 1.165) is 43.6 Å². The molecular formula is C34H39Cl2N3O4. The Hall–Kier alpha value is -3.10. The second-order valence-corrected chi connectivity index (χ2v) is 12.4. The van der Waals surface area contributed by atoms with Gasteiger partial charge in [0, 0.05) is 32.7 Å². The standard InChI is InChI=1S/C34H39Cl2N3O4/c1-37(2)33(41)34(26-9-5-4-6-10-26)15-18-38(19-16-34)17-14-30-31(24-12-13-28(35)29(36)23-24)39(20-21-43-30)32(40)25-8-7-11-27(22-25)42-3/h4-13,22-23,30-31H,14-21H2,1-3H3/t30-,31?/m1/s1. The SMILES string of the molecule is COc1cccc(C(=O)N2CCO[C@H](CCN3CCC(C(=O)N(C)C)(c4ccccc4)CC3)C2c2ccc(Cl)c(Cl)c2)c1. The normalized spacial score (nSPS) is 20.4. The van der Waals surface area contributed by atoms with Crippen LogP contribution in [0.3, 0.4) is 0 Å². The van der Waals surface area contributed by atoms with E-state index < -0.39 is 5.41 Å². The van der Waals surface area contributed by atoms with Crippen molar-refractivity contribution in [1.82, 2.24) is 14.7 Å². The van der Waals surface area contributed by atoms with Gasteiger partial charge in [-0.05, 0) is 73.8 Å². The van der Waals surface area contributed by atoms with Crippen molar-refractivity contribution >= 4 is 35.0 Å². The van der Waals surface area contributed by atoms with E-state index >= 15 is 0 Å². The van der Waals surface area contributed by atoms with Crippen molar-refractivity contribution in [2.75, 3.05) is 54.0 Å². The minimum atomic E-state index is -0.523. The number of likely N-dealkylation sites (N-methyl/N-ethyl adjacent to an activating group) is 1. The van der Waals surface area contributed by atoms with Gasteiger partial charge >= 0.3 is 0 Å². The smallest absolute Gasteiger partial charge is 0.254 e. The Bertz CT molecular complexity index is 1430. The van der Waals surface area contributed by atoms with Gasteiger partial charge < -0.3 is 24.2 Å². The Kier molecular flexibility index (Phi) is 9.97. The molecule has 2 aliphatic heterocycles. The molecule has 2 atom stereocenters. The molecule has 5 rings (SSSR count). The Morgan fingerprint density at radius 1 is 0.953 bits per heavy atom. The number of piperidine rings is 1. The van der Waals surface area contributed by atoms with Gasteiger partial charge in [-0.1, -0.05) is 65.7 Å². The molecule has 43 heavy (non-hydrogen) atoms. The molecule has 228 valence electrons. The average molecular weight is 625 g/mol. The zero-order chi connectivity index (χ0) is 30.6. The first kappa shape index (κ1) is 31.3. The van der Waals surface area contributed by atoms with Crippen LogP contribution in [0.2, 0.25) is 10.0 Å². The van der Waals surface area contributed by atoms with Crippen LogP contribution in [0, 0.1) is 0 Å². The number of likely N-dealkylation sites (tertiary alicyclic amines) is 1. The predicted octanol–water partition coefficient (Wildman–Crippen LogP) is 6.10. The maximum atomic E-state index is 13.9. The van der Waals surface area contributed by atoms with Crippen molar-refractivity contribution in [3.8, 4) is 5.75 Å². The number of hydrogen-bond donors (Lipinski definition) is 0. The summed E-state index contributed by atoms with van der Waals surface area (Å²) >= 11 is 12.7. The highest BCUT2D eigenvalue weighted by atomic mass is 35.5. The number of methoxy groups -OCH3 is 1. The molecular weight excluding hydrogens is 585 g/mol. The number of hydrogen-bond acceptors (Lipinski definition) is 5. The first-order valence-corrected chi connectivity index (χ1v) is 15.5. The van der Waals surface area contributed by atoms with Gasteiger partial charge in [0.25, 0.3) is 5.91 Å². The quantitative estimate of drug-likeness (QED) is 0.304.